The molecule has 0 saturated carbocycles. The zero-order valence-electron chi connectivity index (χ0n) is 12.7. The summed E-state index contributed by atoms with van der Waals surface area (Å²) in [5.41, 5.74) is 1.87. The molecule has 2 aromatic heterocycles. The lowest BCUT2D eigenvalue weighted by Gasteiger charge is -2.08. The van der Waals surface area contributed by atoms with Crippen molar-refractivity contribution in [3.63, 3.8) is 0 Å². The monoisotopic (exact) mass is 323 g/mol. The number of non-ortho nitro benzene ring substituents is 1. The first-order chi connectivity index (χ1) is 11.7. The van der Waals surface area contributed by atoms with Crippen LogP contribution in [0.25, 0.3) is 11.3 Å². The summed E-state index contributed by atoms with van der Waals surface area (Å²) in [4.78, 5) is 23.1. The second-order valence-electron chi connectivity index (χ2n) is 4.76. The van der Waals surface area contributed by atoms with E-state index in [2.05, 4.69) is 20.3 Å². The Morgan fingerprint density at radius 2 is 2.00 bits per heavy atom. The summed E-state index contributed by atoms with van der Waals surface area (Å²) < 4.78 is 5.23. The predicted octanol–water partition coefficient (Wildman–Crippen LogP) is 3.20. The highest BCUT2D eigenvalue weighted by Gasteiger charge is 2.10. The minimum absolute atomic E-state index is 0.00918. The van der Waals surface area contributed by atoms with Gasteiger partial charge in [-0.2, -0.15) is 0 Å². The number of nitrogens with zero attached hydrogens (tertiary/aromatic N) is 4. The van der Waals surface area contributed by atoms with E-state index in [1.165, 1.54) is 19.2 Å². The number of nitro benzene ring substituents is 1. The van der Waals surface area contributed by atoms with Crippen molar-refractivity contribution in [1.82, 2.24) is 15.0 Å². The van der Waals surface area contributed by atoms with Crippen LogP contribution in [-0.4, -0.2) is 27.0 Å². The smallest absolute Gasteiger partial charge is 0.271 e. The van der Waals surface area contributed by atoms with Gasteiger partial charge in [-0.05, 0) is 24.3 Å². The highest BCUT2D eigenvalue weighted by atomic mass is 16.6. The molecule has 1 aromatic carbocycles. The van der Waals surface area contributed by atoms with E-state index in [0.717, 1.165) is 5.56 Å². The SMILES string of the molecule is COc1ncccc1-c1ccnc(Nc2cccc([N+](=O)[O-])c2)n1. The Hall–Kier alpha value is -3.55. The summed E-state index contributed by atoms with van der Waals surface area (Å²) in [5, 5.41) is 13.8. The van der Waals surface area contributed by atoms with Gasteiger partial charge in [0, 0.05) is 30.2 Å². The fourth-order valence-electron chi connectivity index (χ4n) is 2.14. The molecule has 8 heteroatoms. The third-order valence-corrected chi connectivity index (χ3v) is 3.21. The van der Waals surface area contributed by atoms with Crippen LogP contribution in [0.5, 0.6) is 5.88 Å². The van der Waals surface area contributed by atoms with Crippen molar-refractivity contribution in [1.29, 1.82) is 0 Å². The maximum absolute atomic E-state index is 10.8. The molecule has 0 aliphatic heterocycles. The Kier molecular flexibility index (Phi) is 4.28. The normalized spacial score (nSPS) is 10.2. The van der Waals surface area contributed by atoms with E-state index in [4.69, 9.17) is 4.74 Å². The van der Waals surface area contributed by atoms with Gasteiger partial charge in [-0.1, -0.05) is 6.07 Å². The molecule has 3 rings (SSSR count). The van der Waals surface area contributed by atoms with Crippen molar-refractivity contribution in [2.45, 2.75) is 0 Å². The largest absolute Gasteiger partial charge is 0.481 e. The van der Waals surface area contributed by atoms with E-state index in [0.29, 0.717) is 23.2 Å². The number of pyridine rings is 1. The summed E-state index contributed by atoms with van der Waals surface area (Å²) >= 11 is 0. The number of hydrogen-bond donors (Lipinski definition) is 1. The number of nitro groups is 1. The highest BCUT2D eigenvalue weighted by Crippen LogP contribution is 2.27. The topological polar surface area (TPSA) is 103 Å². The molecular formula is C16H13N5O3. The summed E-state index contributed by atoms with van der Waals surface area (Å²) in [5.74, 6) is 0.774. The van der Waals surface area contributed by atoms with Crippen molar-refractivity contribution in [2.75, 3.05) is 12.4 Å². The van der Waals surface area contributed by atoms with Crippen LogP contribution in [0.1, 0.15) is 0 Å². The number of nitrogens with one attached hydrogen (secondary N) is 1. The quantitative estimate of drug-likeness (QED) is 0.568. The Balaban J connectivity index is 1.91. The van der Waals surface area contributed by atoms with Crippen molar-refractivity contribution in [2.24, 2.45) is 0 Å². The van der Waals surface area contributed by atoms with Gasteiger partial charge in [0.1, 0.15) is 0 Å². The Morgan fingerprint density at radius 3 is 2.79 bits per heavy atom. The molecule has 0 atom stereocenters. The average Bonchev–Trinajstić information content (AvgIpc) is 2.62. The number of rotatable bonds is 5. The lowest BCUT2D eigenvalue weighted by atomic mass is 10.2. The van der Waals surface area contributed by atoms with Crippen LogP contribution in [0.15, 0.2) is 54.9 Å². The second-order valence-corrected chi connectivity index (χ2v) is 4.76. The summed E-state index contributed by atoms with van der Waals surface area (Å²) in [7, 11) is 1.54. The van der Waals surface area contributed by atoms with E-state index in [1.807, 2.05) is 6.07 Å². The van der Waals surface area contributed by atoms with Gasteiger partial charge in [-0.3, -0.25) is 10.1 Å². The molecular weight excluding hydrogens is 310 g/mol. The summed E-state index contributed by atoms with van der Waals surface area (Å²) in [6, 6.07) is 11.5. The molecule has 2 heterocycles. The zero-order valence-corrected chi connectivity index (χ0v) is 12.7. The molecule has 0 saturated heterocycles. The Bertz CT molecular complexity index is 885. The van der Waals surface area contributed by atoms with E-state index in [9.17, 15) is 10.1 Å². The predicted molar refractivity (Wildman–Crippen MR) is 88.2 cm³/mol. The summed E-state index contributed by atoms with van der Waals surface area (Å²) in [6.07, 6.45) is 3.22. The van der Waals surface area contributed by atoms with Crippen LogP contribution in [0.2, 0.25) is 0 Å². The van der Waals surface area contributed by atoms with Gasteiger partial charge in [0.2, 0.25) is 11.8 Å². The third kappa shape index (κ3) is 3.27. The number of hydrogen-bond acceptors (Lipinski definition) is 7. The van der Waals surface area contributed by atoms with Gasteiger partial charge in [0.05, 0.1) is 23.3 Å². The van der Waals surface area contributed by atoms with Gasteiger partial charge < -0.3 is 10.1 Å². The molecule has 0 unspecified atom stereocenters. The first-order valence-corrected chi connectivity index (χ1v) is 7.01. The van der Waals surface area contributed by atoms with Crippen LogP contribution >= 0.6 is 0 Å². The maximum atomic E-state index is 10.8. The second kappa shape index (κ2) is 6.69. The molecule has 3 aromatic rings. The van der Waals surface area contributed by atoms with Crippen molar-refractivity contribution >= 4 is 17.3 Å². The molecule has 0 aliphatic carbocycles. The van der Waals surface area contributed by atoms with E-state index < -0.39 is 4.92 Å². The molecule has 0 radical (unpaired) electrons. The van der Waals surface area contributed by atoms with Gasteiger partial charge in [-0.15, -0.1) is 0 Å². The maximum Gasteiger partial charge on any atom is 0.271 e. The number of aromatic nitrogens is 3. The minimum Gasteiger partial charge on any atom is -0.481 e. The number of ether oxygens (including phenoxy) is 1. The first-order valence-electron chi connectivity index (χ1n) is 7.01. The number of methoxy groups -OCH3 is 1. The molecule has 0 fully saturated rings. The number of benzene rings is 1. The van der Waals surface area contributed by atoms with Gasteiger partial charge in [0.25, 0.3) is 5.69 Å². The van der Waals surface area contributed by atoms with Crippen LogP contribution in [0, 0.1) is 10.1 Å². The van der Waals surface area contributed by atoms with Gasteiger partial charge in [-0.25, -0.2) is 15.0 Å². The lowest BCUT2D eigenvalue weighted by Crippen LogP contribution is -1.99. The molecule has 1 N–H and O–H groups in total. The van der Waals surface area contributed by atoms with E-state index in [-0.39, 0.29) is 5.69 Å². The molecule has 0 aliphatic rings. The van der Waals surface area contributed by atoms with Crippen LogP contribution in [0.4, 0.5) is 17.3 Å². The van der Waals surface area contributed by atoms with Crippen molar-refractivity contribution in [3.05, 3.63) is 65.0 Å². The van der Waals surface area contributed by atoms with E-state index >= 15 is 0 Å². The van der Waals surface area contributed by atoms with Gasteiger partial charge in [0.15, 0.2) is 0 Å². The van der Waals surface area contributed by atoms with Crippen molar-refractivity contribution in [3.8, 4) is 17.1 Å². The fourth-order valence-corrected chi connectivity index (χ4v) is 2.14. The van der Waals surface area contributed by atoms with Crippen LogP contribution < -0.4 is 10.1 Å². The average molecular weight is 323 g/mol. The Labute approximate surface area is 137 Å². The van der Waals surface area contributed by atoms with Crippen molar-refractivity contribution < 1.29 is 9.66 Å². The van der Waals surface area contributed by atoms with Crippen LogP contribution in [0.3, 0.4) is 0 Å². The third-order valence-electron chi connectivity index (χ3n) is 3.21. The van der Waals surface area contributed by atoms with E-state index in [1.54, 1.807) is 36.7 Å². The number of anilines is 2. The first kappa shape index (κ1) is 15.3. The molecule has 120 valence electrons. The standard InChI is InChI=1S/C16H13N5O3/c1-24-15-13(6-3-8-17-15)14-7-9-18-16(20-14)19-11-4-2-5-12(10-11)21(22)23/h2-10H,1H3,(H,18,19,20). The molecule has 0 amide bonds. The van der Waals surface area contributed by atoms with Crippen LogP contribution in [-0.2, 0) is 0 Å². The minimum atomic E-state index is -0.455. The fraction of sp³-hybridized carbons (Fsp3) is 0.0625. The zero-order chi connectivity index (χ0) is 16.9. The molecule has 0 bridgehead atoms. The Morgan fingerprint density at radius 1 is 1.12 bits per heavy atom. The highest BCUT2D eigenvalue weighted by molar-refractivity contribution is 5.66. The van der Waals surface area contributed by atoms with Gasteiger partial charge >= 0.3 is 0 Å². The summed E-state index contributed by atoms with van der Waals surface area (Å²) in [6.45, 7) is 0. The molecule has 0 spiro atoms. The lowest BCUT2D eigenvalue weighted by molar-refractivity contribution is -0.384. The molecule has 24 heavy (non-hydrogen) atoms. The molecule has 8 nitrogen and oxygen atoms in total.